The van der Waals surface area contributed by atoms with E-state index in [0.29, 0.717) is 17.7 Å². The van der Waals surface area contributed by atoms with E-state index >= 15 is 0 Å². The van der Waals surface area contributed by atoms with E-state index in [0.717, 1.165) is 13.1 Å². The third-order valence-corrected chi connectivity index (χ3v) is 4.51. The van der Waals surface area contributed by atoms with Gasteiger partial charge in [-0.1, -0.05) is 38.1 Å². The number of carbonyl (C=O) groups is 2. The van der Waals surface area contributed by atoms with Gasteiger partial charge in [-0.3, -0.25) is 4.79 Å². The van der Waals surface area contributed by atoms with E-state index in [2.05, 4.69) is 4.90 Å². The lowest BCUT2D eigenvalue weighted by Crippen LogP contribution is -2.28. The van der Waals surface area contributed by atoms with Gasteiger partial charge in [0, 0.05) is 12.1 Å². The maximum Gasteiger partial charge on any atom is 0.341 e. The van der Waals surface area contributed by atoms with Gasteiger partial charge in [-0.2, -0.15) is 0 Å². The van der Waals surface area contributed by atoms with Gasteiger partial charge in [0.25, 0.3) is 0 Å². The highest BCUT2D eigenvalue weighted by atomic mass is 16.5. The van der Waals surface area contributed by atoms with Crippen molar-refractivity contribution in [3.05, 3.63) is 59.2 Å². The van der Waals surface area contributed by atoms with Crippen LogP contribution >= 0.6 is 0 Å². The molecular formula is C22H27NO5. The number of Topliss-reactive ketones (excluding diaryl/α,β-unsaturated/α-hetero) is 1. The average Bonchev–Trinajstić information content (AvgIpc) is 2.70. The van der Waals surface area contributed by atoms with Crippen LogP contribution in [0.15, 0.2) is 42.5 Å². The van der Waals surface area contributed by atoms with Gasteiger partial charge in [0.15, 0.2) is 5.78 Å². The third-order valence-electron chi connectivity index (χ3n) is 4.51. The molecule has 0 unspecified atom stereocenters. The maximum atomic E-state index is 12.6. The van der Waals surface area contributed by atoms with E-state index in [9.17, 15) is 14.7 Å². The summed E-state index contributed by atoms with van der Waals surface area (Å²) in [6.45, 7) is 8.18. The number of esters is 1. The van der Waals surface area contributed by atoms with E-state index in [-0.39, 0.29) is 36.1 Å². The summed E-state index contributed by atoms with van der Waals surface area (Å²) in [5, 5.41) is 9.92. The number of phenols is 1. The summed E-state index contributed by atoms with van der Waals surface area (Å²) in [6.07, 6.45) is 0. The van der Waals surface area contributed by atoms with Gasteiger partial charge < -0.3 is 19.5 Å². The predicted octanol–water partition coefficient (Wildman–Crippen LogP) is 3.67. The van der Waals surface area contributed by atoms with Crippen LogP contribution in [-0.2, 0) is 11.3 Å². The molecule has 0 fully saturated rings. The number of nitrogens with zero attached hydrogens (tertiary/aromatic N) is 1. The monoisotopic (exact) mass is 385 g/mol. The molecule has 0 aliphatic heterocycles. The molecule has 0 bridgehead atoms. The Hall–Kier alpha value is -2.86. The number of ether oxygens (including phenoxy) is 2. The highest BCUT2D eigenvalue weighted by molar-refractivity contribution is 6.02. The van der Waals surface area contributed by atoms with Crippen LogP contribution in [0.1, 0.15) is 47.1 Å². The molecule has 6 nitrogen and oxygen atoms in total. The van der Waals surface area contributed by atoms with Crippen LogP contribution < -0.4 is 4.74 Å². The molecule has 0 heterocycles. The van der Waals surface area contributed by atoms with Crippen LogP contribution in [0.3, 0.4) is 0 Å². The van der Waals surface area contributed by atoms with Crippen molar-refractivity contribution in [1.29, 1.82) is 0 Å². The summed E-state index contributed by atoms with van der Waals surface area (Å²) in [5.74, 6) is -0.495. The van der Waals surface area contributed by atoms with Gasteiger partial charge in [-0.25, -0.2) is 4.79 Å². The minimum absolute atomic E-state index is 0.0245. The Kier molecular flexibility index (Phi) is 8.02. The molecule has 150 valence electrons. The van der Waals surface area contributed by atoms with E-state index in [1.807, 2.05) is 13.8 Å². The number of carbonyl (C=O) groups excluding carboxylic acids is 2. The zero-order valence-corrected chi connectivity index (χ0v) is 16.6. The summed E-state index contributed by atoms with van der Waals surface area (Å²) in [6, 6.07) is 11.6. The number of aromatic hydroxyl groups is 1. The Balaban J connectivity index is 2.19. The van der Waals surface area contributed by atoms with Crippen LogP contribution in [0, 0.1) is 0 Å². The lowest BCUT2D eigenvalue weighted by Gasteiger charge is -2.18. The maximum absolute atomic E-state index is 12.6. The van der Waals surface area contributed by atoms with Crippen LogP contribution in [0.25, 0.3) is 0 Å². The third kappa shape index (κ3) is 5.57. The number of ketones is 1. The van der Waals surface area contributed by atoms with E-state index in [1.165, 1.54) is 6.92 Å². The van der Waals surface area contributed by atoms with E-state index in [4.69, 9.17) is 9.47 Å². The van der Waals surface area contributed by atoms with E-state index < -0.39 is 5.97 Å². The SMILES string of the molecule is CCN(CC)CCOC(=O)c1cccc(C(C)=O)c1OCc1ccccc1O. The number of para-hydroxylation sites is 2. The molecule has 2 aromatic carbocycles. The molecule has 0 saturated heterocycles. The molecule has 2 aromatic rings. The molecule has 0 atom stereocenters. The van der Waals surface area contributed by atoms with Crippen molar-refractivity contribution in [2.45, 2.75) is 27.4 Å². The van der Waals surface area contributed by atoms with Gasteiger partial charge in [0.2, 0.25) is 0 Å². The van der Waals surface area contributed by atoms with Crippen molar-refractivity contribution in [3.8, 4) is 11.5 Å². The van der Waals surface area contributed by atoms with Crippen LogP contribution in [0.4, 0.5) is 0 Å². The highest BCUT2D eigenvalue weighted by Gasteiger charge is 2.20. The largest absolute Gasteiger partial charge is 0.508 e. The molecule has 0 saturated carbocycles. The second-order valence-corrected chi connectivity index (χ2v) is 6.32. The first-order chi connectivity index (χ1) is 13.5. The molecule has 0 spiro atoms. The quantitative estimate of drug-likeness (QED) is 0.497. The topological polar surface area (TPSA) is 76.1 Å². The molecule has 6 heteroatoms. The van der Waals surface area contributed by atoms with Gasteiger partial charge in [-0.05, 0) is 38.2 Å². The first-order valence-corrected chi connectivity index (χ1v) is 9.41. The van der Waals surface area contributed by atoms with Crippen LogP contribution in [-0.4, -0.2) is 48.0 Å². The fraction of sp³-hybridized carbons (Fsp3) is 0.364. The second-order valence-electron chi connectivity index (χ2n) is 6.32. The van der Waals surface area contributed by atoms with Crippen molar-refractivity contribution in [1.82, 2.24) is 4.90 Å². The van der Waals surface area contributed by atoms with Crippen molar-refractivity contribution in [2.24, 2.45) is 0 Å². The Morgan fingerprint density at radius 2 is 1.68 bits per heavy atom. The molecule has 0 aromatic heterocycles. The summed E-state index contributed by atoms with van der Waals surface area (Å²) in [4.78, 5) is 26.8. The van der Waals surface area contributed by atoms with Gasteiger partial charge in [0.1, 0.15) is 30.3 Å². The van der Waals surface area contributed by atoms with Gasteiger partial charge in [-0.15, -0.1) is 0 Å². The Labute approximate surface area is 165 Å². The summed E-state index contributed by atoms with van der Waals surface area (Å²) in [7, 11) is 0. The van der Waals surface area contributed by atoms with Crippen molar-refractivity contribution < 1.29 is 24.2 Å². The number of hydrogen-bond donors (Lipinski definition) is 1. The molecule has 0 aliphatic rings. The second kappa shape index (κ2) is 10.5. The Bertz CT molecular complexity index is 814. The predicted molar refractivity (Wildman–Crippen MR) is 107 cm³/mol. The average molecular weight is 385 g/mol. The zero-order valence-electron chi connectivity index (χ0n) is 16.6. The van der Waals surface area contributed by atoms with Gasteiger partial charge >= 0.3 is 5.97 Å². The lowest BCUT2D eigenvalue weighted by atomic mass is 10.1. The molecular weight excluding hydrogens is 358 g/mol. The Morgan fingerprint density at radius 1 is 1.00 bits per heavy atom. The van der Waals surface area contributed by atoms with Crippen molar-refractivity contribution >= 4 is 11.8 Å². The molecule has 0 amide bonds. The van der Waals surface area contributed by atoms with Crippen molar-refractivity contribution in [2.75, 3.05) is 26.2 Å². The fourth-order valence-electron chi connectivity index (χ4n) is 2.80. The smallest absolute Gasteiger partial charge is 0.341 e. The molecule has 0 radical (unpaired) electrons. The van der Waals surface area contributed by atoms with Crippen molar-refractivity contribution in [3.63, 3.8) is 0 Å². The minimum Gasteiger partial charge on any atom is -0.508 e. The molecule has 2 rings (SSSR count). The van der Waals surface area contributed by atoms with Crippen LogP contribution in [0.2, 0.25) is 0 Å². The van der Waals surface area contributed by atoms with Crippen LogP contribution in [0.5, 0.6) is 11.5 Å². The van der Waals surface area contributed by atoms with E-state index in [1.54, 1.807) is 42.5 Å². The first-order valence-electron chi connectivity index (χ1n) is 9.41. The molecule has 28 heavy (non-hydrogen) atoms. The normalized spacial score (nSPS) is 10.7. The summed E-state index contributed by atoms with van der Waals surface area (Å²) in [5.41, 5.74) is 1.05. The number of phenolic OH excluding ortho intramolecular Hbond substituents is 1. The Morgan fingerprint density at radius 3 is 2.32 bits per heavy atom. The zero-order chi connectivity index (χ0) is 20.5. The highest BCUT2D eigenvalue weighted by Crippen LogP contribution is 2.28. The molecule has 0 aliphatic carbocycles. The number of hydrogen-bond acceptors (Lipinski definition) is 6. The fourth-order valence-corrected chi connectivity index (χ4v) is 2.80. The standard InChI is InChI=1S/C22H27NO5/c1-4-23(5-2)13-14-27-22(26)19-11-8-10-18(16(3)24)21(19)28-15-17-9-6-7-12-20(17)25/h6-12,25H,4-5,13-15H2,1-3H3. The summed E-state index contributed by atoms with van der Waals surface area (Å²) >= 11 is 0. The first kappa shape index (κ1) is 21.4. The number of rotatable bonds is 10. The van der Waals surface area contributed by atoms with Gasteiger partial charge in [0.05, 0.1) is 5.56 Å². The summed E-state index contributed by atoms with van der Waals surface area (Å²) < 4.78 is 11.2. The number of benzene rings is 2. The minimum atomic E-state index is -0.539. The number of likely N-dealkylation sites (N-methyl/N-ethyl adjacent to an activating group) is 1. The lowest BCUT2D eigenvalue weighted by molar-refractivity contribution is 0.0461. The molecule has 1 N–H and O–H groups in total.